The number of rotatable bonds is 4. The average Bonchev–Trinajstić information content (AvgIpc) is 3.09. The molecule has 0 atom stereocenters. The van der Waals surface area contributed by atoms with E-state index in [-0.39, 0.29) is 5.91 Å². The molecule has 1 fully saturated rings. The van der Waals surface area contributed by atoms with Crippen LogP contribution in [0.2, 0.25) is 0 Å². The standard InChI is InChI=1S/C19H20N2O/c22-19(12-11-16-7-2-1-3-8-16)20-17-9-6-10-18(15-17)21-13-4-5-14-21/h1-3,6-12,15H,4-5,13-14H2,(H,20,22)/b12-11-. The summed E-state index contributed by atoms with van der Waals surface area (Å²) in [6.07, 6.45) is 5.88. The van der Waals surface area contributed by atoms with E-state index in [9.17, 15) is 4.79 Å². The van der Waals surface area contributed by atoms with Crippen LogP contribution >= 0.6 is 0 Å². The van der Waals surface area contributed by atoms with Gasteiger partial charge in [0.05, 0.1) is 0 Å². The first-order valence-electron chi connectivity index (χ1n) is 7.70. The molecule has 3 rings (SSSR count). The Morgan fingerprint density at radius 3 is 2.55 bits per heavy atom. The van der Waals surface area contributed by atoms with E-state index in [2.05, 4.69) is 16.3 Å². The van der Waals surface area contributed by atoms with Gasteiger partial charge in [-0.15, -0.1) is 0 Å². The van der Waals surface area contributed by atoms with E-state index in [1.165, 1.54) is 18.5 Å². The largest absolute Gasteiger partial charge is 0.371 e. The van der Waals surface area contributed by atoms with Crippen LogP contribution in [0, 0.1) is 0 Å². The van der Waals surface area contributed by atoms with Gasteiger partial charge < -0.3 is 10.2 Å². The van der Waals surface area contributed by atoms with Crippen molar-refractivity contribution >= 4 is 23.4 Å². The molecule has 1 heterocycles. The highest BCUT2D eigenvalue weighted by Crippen LogP contribution is 2.23. The number of carbonyl (C=O) groups excluding carboxylic acids is 1. The molecular formula is C19H20N2O. The maximum absolute atomic E-state index is 12.0. The molecule has 0 spiro atoms. The Kier molecular flexibility index (Phi) is 4.54. The van der Waals surface area contributed by atoms with Crippen molar-refractivity contribution in [3.63, 3.8) is 0 Å². The molecule has 0 bridgehead atoms. The van der Waals surface area contributed by atoms with Gasteiger partial charge in [0.15, 0.2) is 0 Å². The van der Waals surface area contributed by atoms with E-state index in [1.807, 2.05) is 54.6 Å². The van der Waals surface area contributed by atoms with Gasteiger partial charge in [0.2, 0.25) is 5.91 Å². The second-order valence-electron chi connectivity index (χ2n) is 5.48. The predicted octanol–water partition coefficient (Wildman–Crippen LogP) is 3.94. The monoisotopic (exact) mass is 292 g/mol. The van der Waals surface area contributed by atoms with Crippen molar-refractivity contribution in [2.24, 2.45) is 0 Å². The molecular weight excluding hydrogens is 272 g/mol. The van der Waals surface area contributed by atoms with Crippen LogP contribution in [-0.4, -0.2) is 19.0 Å². The molecule has 0 saturated carbocycles. The quantitative estimate of drug-likeness (QED) is 0.866. The summed E-state index contributed by atoms with van der Waals surface area (Å²) in [5.41, 5.74) is 3.04. The molecule has 1 saturated heterocycles. The molecule has 112 valence electrons. The van der Waals surface area contributed by atoms with E-state index in [0.717, 1.165) is 24.3 Å². The number of carbonyl (C=O) groups is 1. The molecule has 1 aliphatic rings. The van der Waals surface area contributed by atoms with E-state index >= 15 is 0 Å². The zero-order chi connectivity index (χ0) is 15.2. The Balaban J connectivity index is 1.64. The normalized spacial score (nSPS) is 14.5. The van der Waals surface area contributed by atoms with Gasteiger partial charge in [-0.2, -0.15) is 0 Å². The number of hydrogen-bond acceptors (Lipinski definition) is 2. The summed E-state index contributed by atoms with van der Waals surface area (Å²) >= 11 is 0. The Morgan fingerprint density at radius 2 is 1.77 bits per heavy atom. The fourth-order valence-corrected chi connectivity index (χ4v) is 2.68. The van der Waals surface area contributed by atoms with Gasteiger partial charge >= 0.3 is 0 Å². The highest BCUT2D eigenvalue weighted by molar-refractivity contribution is 6.02. The molecule has 2 aromatic carbocycles. The van der Waals surface area contributed by atoms with Crippen molar-refractivity contribution in [3.8, 4) is 0 Å². The lowest BCUT2D eigenvalue weighted by atomic mass is 10.2. The number of nitrogens with zero attached hydrogens (tertiary/aromatic N) is 1. The summed E-state index contributed by atoms with van der Waals surface area (Å²) in [5, 5.41) is 2.92. The van der Waals surface area contributed by atoms with Crippen molar-refractivity contribution < 1.29 is 4.79 Å². The SMILES string of the molecule is O=C(/C=C\c1ccccc1)Nc1cccc(N2CCCC2)c1. The van der Waals surface area contributed by atoms with Gasteiger partial charge in [0.1, 0.15) is 0 Å². The average molecular weight is 292 g/mol. The summed E-state index contributed by atoms with van der Waals surface area (Å²) in [6.45, 7) is 2.20. The molecule has 0 radical (unpaired) electrons. The number of benzene rings is 2. The predicted molar refractivity (Wildman–Crippen MR) is 92.0 cm³/mol. The lowest BCUT2D eigenvalue weighted by Crippen LogP contribution is -2.17. The van der Waals surface area contributed by atoms with Gasteiger partial charge in [-0.3, -0.25) is 4.79 Å². The Morgan fingerprint density at radius 1 is 1.00 bits per heavy atom. The summed E-state index contributed by atoms with van der Waals surface area (Å²) < 4.78 is 0. The van der Waals surface area contributed by atoms with Gasteiger partial charge in [0, 0.05) is 30.5 Å². The van der Waals surface area contributed by atoms with Crippen LogP contribution in [0.5, 0.6) is 0 Å². The first-order chi connectivity index (χ1) is 10.8. The van der Waals surface area contributed by atoms with Crippen LogP contribution in [0.4, 0.5) is 11.4 Å². The highest BCUT2D eigenvalue weighted by Gasteiger charge is 2.12. The number of anilines is 2. The van der Waals surface area contributed by atoms with Gasteiger partial charge in [-0.25, -0.2) is 0 Å². The molecule has 0 aromatic heterocycles. The van der Waals surface area contributed by atoms with Crippen LogP contribution in [-0.2, 0) is 4.79 Å². The van der Waals surface area contributed by atoms with E-state index in [0.29, 0.717) is 0 Å². The van der Waals surface area contributed by atoms with Crippen molar-refractivity contribution in [1.82, 2.24) is 0 Å². The van der Waals surface area contributed by atoms with Gasteiger partial charge in [0.25, 0.3) is 0 Å². The zero-order valence-electron chi connectivity index (χ0n) is 12.5. The first kappa shape index (κ1) is 14.4. The Hall–Kier alpha value is -2.55. The topological polar surface area (TPSA) is 32.3 Å². The van der Waals surface area contributed by atoms with Crippen molar-refractivity contribution in [2.45, 2.75) is 12.8 Å². The van der Waals surface area contributed by atoms with Crippen LogP contribution < -0.4 is 10.2 Å². The minimum Gasteiger partial charge on any atom is -0.371 e. The van der Waals surface area contributed by atoms with Crippen LogP contribution in [0.3, 0.4) is 0 Å². The minimum absolute atomic E-state index is 0.109. The molecule has 0 aliphatic carbocycles. The zero-order valence-corrected chi connectivity index (χ0v) is 12.5. The summed E-state index contributed by atoms with van der Waals surface area (Å²) in [6, 6.07) is 17.9. The third-order valence-electron chi connectivity index (χ3n) is 3.81. The fourth-order valence-electron chi connectivity index (χ4n) is 2.68. The maximum atomic E-state index is 12.0. The molecule has 2 aromatic rings. The van der Waals surface area contributed by atoms with Crippen molar-refractivity contribution in [2.75, 3.05) is 23.3 Å². The van der Waals surface area contributed by atoms with Gasteiger partial charge in [-0.05, 0) is 42.7 Å². The molecule has 1 N–H and O–H groups in total. The Labute approximate surface area is 131 Å². The molecule has 3 nitrogen and oxygen atoms in total. The minimum atomic E-state index is -0.109. The van der Waals surface area contributed by atoms with Crippen molar-refractivity contribution in [3.05, 3.63) is 66.2 Å². The number of nitrogens with one attached hydrogen (secondary N) is 1. The van der Waals surface area contributed by atoms with Crippen LogP contribution in [0.1, 0.15) is 18.4 Å². The lowest BCUT2D eigenvalue weighted by Gasteiger charge is -2.18. The first-order valence-corrected chi connectivity index (χ1v) is 7.70. The van der Waals surface area contributed by atoms with Crippen molar-refractivity contribution in [1.29, 1.82) is 0 Å². The smallest absolute Gasteiger partial charge is 0.248 e. The summed E-state index contributed by atoms with van der Waals surface area (Å²) in [7, 11) is 0. The number of amides is 1. The second-order valence-corrected chi connectivity index (χ2v) is 5.48. The lowest BCUT2D eigenvalue weighted by molar-refractivity contribution is -0.111. The van der Waals surface area contributed by atoms with Crippen LogP contribution in [0.25, 0.3) is 6.08 Å². The molecule has 22 heavy (non-hydrogen) atoms. The molecule has 3 heteroatoms. The molecule has 1 amide bonds. The molecule has 0 unspecified atom stereocenters. The second kappa shape index (κ2) is 6.94. The van der Waals surface area contributed by atoms with Crippen LogP contribution in [0.15, 0.2) is 60.7 Å². The summed E-state index contributed by atoms with van der Waals surface area (Å²) in [5.74, 6) is -0.109. The highest BCUT2D eigenvalue weighted by atomic mass is 16.1. The maximum Gasteiger partial charge on any atom is 0.248 e. The summed E-state index contributed by atoms with van der Waals surface area (Å²) in [4.78, 5) is 14.4. The third kappa shape index (κ3) is 3.76. The number of hydrogen-bond donors (Lipinski definition) is 1. The Bertz CT molecular complexity index is 658. The molecule has 1 aliphatic heterocycles. The van der Waals surface area contributed by atoms with E-state index < -0.39 is 0 Å². The third-order valence-corrected chi connectivity index (χ3v) is 3.81. The van der Waals surface area contributed by atoms with Gasteiger partial charge in [-0.1, -0.05) is 36.4 Å². The fraction of sp³-hybridized carbons (Fsp3) is 0.211. The van der Waals surface area contributed by atoms with E-state index in [4.69, 9.17) is 0 Å². The van der Waals surface area contributed by atoms with E-state index in [1.54, 1.807) is 6.08 Å².